The fourth-order valence-corrected chi connectivity index (χ4v) is 1.78. The second-order valence-electron chi connectivity index (χ2n) is 5.24. The summed E-state index contributed by atoms with van der Waals surface area (Å²) < 4.78 is 5.40. The molecule has 3 nitrogen and oxygen atoms in total. The lowest BCUT2D eigenvalue weighted by molar-refractivity contribution is 0.374. The fourth-order valence-electron chi connectivity index (χ4n) is 1.70. The van der Waals surface area contributed by atoms with Crippen LogP contribution in [0.15, 0.2) is 6.20 Å². The van der Waals surface area contributed by atoms with Crippen LogP contribution >= 0.6 is 11.6 Å². The van der Waals surface area contributed by atoms with Crippen LogP contribution in [0.1, 0.15) is 37.6 Å². The maximum absolute atomic E-state index is 6.15. The molecule has 102 valence electrons. The Labute approximate surface area is 115 Å². The van der Waals surface area contributed by atoms with Gasteiger partial charge in [0.2, 0.25) is 0 Å². The van der Waals surface area contributed by atoms with E-state index in [1.165, 1.54) is 0 Å². The van der Waals surface area contributed by atoms with Crippen molar-refractivity contribution in [2.75, 3.05) is 7.11 Å². The van der Waals surface area contributed by atoms with E-state index in [0.29, 0.717) is 6.54 Å². The standard InChI is InChI=1S/C14H23ClN2O/c1-9-7-16-12(10(2)13(9)18-6)8-17-14(4,5)11(3)15/h7,11,17H,8H2,1-6H3. The molecule has 1 aromatic rings. The first-order chi connectivity index (χ1) is 8.29. The summed E-state index contributed by atoms with van der Waals surface area (Å²) in [5.74, 6) is 0.915. The maximum Gasteiger partial charge on any atom is 0.128 e. The molecule has 1 atom stereocenters. The molecule has 1 unspecified atom stereocenters. The molecule has 0 spiro atoms. The number of halogens is 1. The van der Waals surface area contributed by atoms with Gasteiger partial charge < -0.3 is 10.1 Å². The average molecular weight is 271 g/mol. The van der Waals surface area contributed by atoms with Crippen molar-refractivity contribution in [1.82, 2.24) is 10.3 Å². The number of rotatable bonds is 5. The number of hydrogen-bond acceptors (Lipinski definition) is 3. The van der Waals surface area contributed by atoms with Crippen molar-refractivity contribution in [2.45, 2.75) is 52.1 Å². The highest BCUT2D eigenvalue weighted by molar-refractivity contribution is 6.21. The van der Waals surface area contributed by atoms with Gasteiger partial charge in [0.05, 0.1) is 12.8 Å². The monoisotopic (exact) mass is 270 g/mol. The molecule has 0 aliphatic carbocycles. The van der Waals surface area contributed by atoms with E-state index in [1.54, 1.807) is 7.11 Å². The Bertz CT molecular complexity index is 417. The zero-order valence-corrected chi connectivity index (χ0v) is 12.9. The van der Waals surface area contributed by atoms with Crippen LogP contribution in [-0.2, 0) is 6.54 Å². The first-order valence-electron chi connectivity index (χ1n) is 6.17. The Balaban J connectivity index is 2.87. The van der Waals surface area contributed by atoms with E-state index in [2.05, 4.69) is 24.1 Å². The third kappa shape index (κ3) is 3.36. The van der Waals surface area contributed by atoms with E-state index in [9.17, 15) is 0 Å². The number of nitrogens with one attached hydrogen (secondary N) is 1. The van der Waals surface area contributed by atoms with Crippen molar-refractivity contribution >= 4 is 11.6 Å². The number of alkyl halides is 1. The molecule has 0 bridgehead atoms. The molecule has 0 saturated carbocycles. The molecule has 0 aromatic carbocycles. The van der Waals surface area contributed by atoms with Gasteiger partial charge in [-0.1, -0.05) is 0 Å². The highest BCUT2D eigenvalue weighted by atomic mass is 35.5. The van der Waals surface area contributed by atoms with Crippen molar-refractivity contribution in [3.8, 4) is 5.75 Å². The zero-order valence-electron chi connectivity index (χ0n) is 12.1. The first kappa shape index (κ1) is 15.3. The molecular formula is C14H23ClN2O. The number of methoxy groups -OCH3 is 1. The largest absolute Gasteiger partial charge is 0.496 e. The summed E-state index contributed by atoms with van der Waals surface area (Å²) in [4.78, 5) is 4.46. The van der Waals surface area contributed by atoms with Crippen LogP contribution in [0.5, 0.6) is 5.75 Å². The van der Waals surface area contributed by atoms with Gasteiger partial charge in [0.1, 0.15) is 5.75 Å². The summed E-state index contributed by atoms with van der Waals surface area (Å²) in [5.41, 5.74) is 3.02. The first-order valence-corrected chi connectivity index (χ1v) is 6.61. The smallest absolute Gasteiger partial charge is 0.128 e. The van der Waals surface area contributed by atoms with Crippen LogP contribution in [0.2, 0.25) is 0 Å². The number of aromatic nitrogens is 1. The second-order valence-corrected chi connectivity index (χ2v) is 5.89. The normalized spacial score (nSPS) is 13.5. The van der Waals surface area contributed by atoms with Gasteiger partial charge in [-0.05, 0) is 34.6 Å². The van der Waals surface area contributed by atoms with Gasteiger partial charge in [-0.2, -0.15) is 0 Å². The average Bonchev–Trinajstić information content (AvgIpc) is 2.28. The van der Waals surface area contributed by atoms with E-state index in [0.717, 1.165) is 22.6 Å². The summed E-state index contributed by atoms with van der Waals surface area (Å²) >= 11 is 6.15. The van der Waals surface area contributed by atoms with Crippen LogP contribution in [0.4, 0.5) is 0 Å². The van der Waals surface area contributed by atoms with E-state index in [4.69, 9.17) is 16.3 Å². The molecule has 0 fully saturated rings. The quantitative estimate of drug-likeness (QED) is 0.835. The molecule has 0 radical (unpaired) electrons. The second kappa shape index (κ2) is 5.89. The Morgan fingerprint density at radius 1 is 1.44 bits per heavy atom. The summed E-state index contributed by atoms with van der Waals surface area (Å²) in [6, 6.07) is 0. The lowest BCUT2D eigenvalue weighted by Crippen LogP contribution is -2.45. The molecular weight excluding hydrogens is 248 g/mol. The molecule has 0 aliphatic heterocycles. The van der Waals surface area contributed by atoms with Crippen molar-refractivity contribution in [1.29, 1.82) is 0 Å². The lowest BCUT2D eigenvalue weighted by Gasteiger charge is -2.29. The topological polar surface area (TPSA) is 34.1 Å². The Morgan fingerprint density at radius 2 is 2.06 bits per heavy atom. The minimum atomic E-state index is -0.131. The molecule has 1 aromatic heterocycles. The van der Waals surface area contributed by atoms with E-state index < -0.39 is 0 Å². The Morgan fingerprint density at radius 3 is 2.56 bits per heavy atom. The fraction of sp³-hybridized carbons (Fsp3) is 0.643. The van der Waals surface area contributed by atoms with E-state index in [1.807, 2.05) is 27.0 Å². The molecule has 1 rings (SSSR count). The zero-order chi connectivity index (χ0) is 13.9. The number of ether oxygens (including phenoxy) is 1. The Hall–Kier alpha value is -0.800. The number of pyridine rings is 1. The molecule has 1 N–H and O–H groups in total. The van der Waals surface area contributed by atoms with Crippen LogP contribution in [0.3, 0.4) is 0 Å². The van der Waals surface area contributed by atoms with Crippen LogP contribution in [0, 0.1) is 13.8 Å². The van der Waals surface area contributed by atoms with Crippen molar-refractivity contribution in [3.05, 3.63) is 23.0 Å². The summed E-state index contributed by atoms with van der Waals surface area (Å²) in [5, 5.41) is 3.48. The van der Waals surface area contributed by atoms with Gasteiger partial charge in [0.15, 0.2) is 0 Å². The third-order valence-corrected chi connectivity index (χ3v) is 4.00. The van der Waals surface area contributed by atoms with Crippen LogP contribution < -0.4 is 10.1 Å². The van der Waals surface area contributed by atoms with Gasteiger partial charge in [-0.15, -0.1) is 11.6 Å². The van der Waals surface area contributed by atoms with Gasteiger partial charge in [-0.3, -0.25) is 4.98 Å². The van der Waals surface area contributed by atoms with E-state index in [-0.39, 0.29) is 10.9 Å². The molecule has 4 heteroatoms. The van der Waals surface area contributed by atoms with E-state index >= 15 is 0 Å². The van der Waals surface area contributed by atoms with Crippen LogP contribution in [-0.4, -0.2) is 23.0 Å². The van der Waals surface area contributed by atoms with Crippen molar-refractivity contribution in [2.24, 2.45) is 0 Å². The van der Waals surface area contributed by atoms with Crippen LogP contribution in [0.25, 0.3) is 0 Å². The van der Waals surface area contributed by atoms with Crippen molar-refractivity contribution < 1.29 is 4.74 Å². The van der Waals surface area contributed by atoms with Gasteiger partial charge in [0.25, 0.3) is 0 Å². The Kier molecular flexibility index (Phi) is 5.00. The number of hydrogen-bond donors (Lipinski definition) is 1. The SMILES string of the molecule is COc1c(C)cnc(CNC(C)(C)C(C)Cl)c1C. The molecule has 0 amide bonds. The predicted molar refractivity (Wildman–Crippen MR) is 76.5 cm³/mol. The predicted octanol–water partition coefficient (Wildman–Crippen LogP) is 3.20. The molecule has 0 saturated heterocycles. The highest BCUT2D eigenvalue weighted by Crippen LogP contribution is 2.24. The maximum atomic E-state index is 6.15. The van der Waals surface area contributed by atoms with Gasteiger partial charge >= 0.3 is 0 Å². The molecule has 18 heavy (non-hydrogen) atoms. The molecule has 1 heterocycles. The summed E-state index contributed by atoms with van der Waals surface area (Å²) in [6.07, 6.45) is 1.85. The minimum absolute atomic E-state index is 0.0464. The summed E-state index contributed by atoms with van der Waals surface area (Å²) in [7, 11) is 1.69. The summed E-state index contributed by atoms with van der Waals surface area (Å²) in [6.45, 7) is 10.9. The number of aryl methyl sites for hydroxylation is 1. The minimum Gasteiger partial charge on any atom is -0.496 e. The third-order valence-electron chi connectivity index (χ3n) is 3.46. The lowest BCUT2D eigenvalue weighted by atomic mass is 10.0. The number of nitrogens with zero attached hydrogens (tertiary/aromatic N) is 1. The van der Waals surface area contributed by atoms with Crippen molar-refractivity contribution in [3.63, 3.8) is 0 Å². The van der Waals surface area contributed by atoms with Gasteiger partial charge in [-0.25, -0.2) is 0 Å². The molecule has 0 aliphatic rings. The highest BCUT2D eigenvalue weighted by Gasteiger charge is 2.23. The van der Waals surface area contributed by atoms with Gasteiger partial charge in [0, 0.05) is 34.8 Å².